The van der Waals surface area contributed by atoms with Crippen molar-refractivity contribution in [1.29, 1.82) is 0 Å². The lowest BCUT2D eigenvalue weighted by atomic mass is 9.90. The Bertz CT molecular complexity index is 1000. The molecule has 2 atom stereocenters. The molecule has 0 spiro atoms. The Kier molecular flexibility index (Phi) is 4.72. The lowest BCUT2D eigenvalue weighted by Gasteiger charge is -2.33. The second-order valence-corrected chi connectivity index (χ2v) is 7.41. The van der Waals surface area contributed by atoms with Crippen LogP contribution in [0.25, 0.3) is 10.8 Å². The van der Waals surface area contributed by atoms with E-state index < -0.39 is 12.4 Å². The molecule has 4 rings (SSSR count). The molecule has 1 heterocycles. The van der Waals surface area contributed by atoms with Crippen LogP contribution in [0.5, 0.6) is 5.75 Å². The molecule has 3 aromatic carbocycles. The van der Waals surface area contributed by atoms with Gasteiger partial charge in [-0.15, -0.1) is 0 Å². The highest BCUT2D eigenvalue weighted by atomic mass is 35.5. The molecule has 26 heavy (non-hydrogen) atoms. The van der Waals surface area contributed by atoms with Crippen LogP contribution in [0.2, 0.25) is 20.1 Å². The van der Waals surface area contributed by atoms with Gasteiger partial charge in [0.1, 0.15) is 16.1 Å². The van der Waals surface area contributed by atoms with E-state index in [0.717, 1.165) is 21.9 Å². The molecule has 7 heteroatoms. The number of benzene rings is 3. The van der Waals surface area contributed by atoms with E-state index in [2.05, 4.69) is 0 Å². The second kappa shape index (κ2) is 6.75. The third-order valence-electron chi connectivity index (χ3n) is 4.52. The van der Waals surface area contributed by atoms with Gasteiger partial charge in [0, 0.05) is 18.2 Å². The van der Waals surface area contributed by atoms with Crippen LogP contribution in [-0.4, -0.2) is 12.2 Å². The minimum absolute atomic E-state index is 0.0698. The molecule has 0 aromatic heterocycles. The van der Waals surface area contributed by atoms with Crippen LogP contribution in [0, 0.1) is 0 Å². The third kappa shape index (κ3) is 2.58. The van der Waals surface area contributed by atoms with Gasteiger partial charge >= 0.3 is 0 Å². The van der Waals surface area contributed by atoms with E-state index >= 15 is 0 Å². The van der Waals surface area contributed by atoms with Crippen molar-refractivity contribution >= 4 is 57.2 Å². The predicted octanol–water partition coefficient (Wildman–Crippen LogP) is 6.92. The molecule has 0 saturated heterocycles. The summed E-state index contributed by atoms with van der Waals surface area (Å²) in [5.74, 6) is -0.357. The fourth-order valence-corrected chi connectivity index (χ4v) is 4.41. The minimum Gasteiger partial charge on any atom is -0.505 e. The average molecular weight is 430 g/mol. The second-order valence-electron chi connectivity index (χ2n) is 5.89. The number of aromatic hydroxyl groups is 1. The van der Waals surface area contributed by atoms with Crippen LogP contribution in [0.3, 0.4) is 0 Å². The molecular weight excluding hydrogens is 418 g/mol. The maximum Gasteiger partial charge on any atom is 0.185 e. The highest BCUT2D eigenvalue weighted by molar-refractivity contribution is 6.49. The van der Waals surface area contributed by atoms with E-state index in [9.17, 15) is 5.11 Å². The highest BCUT2D eigenvalue weighted by Crippen LogP contribution is 2.52. The predicted molar refractivity (Wildman–Crippen MR) is 105 cm³/mol. The summed E-state index contributed by atoms with van der Waals surface area (Å²) in [7, 11) is 1.56. The quantitative estimate of drug-likeness (QED) is 0.449. The molecule has 0 aliphatic carbocycles. The average Bonchev–Trinajstić information content (AvgIpc) is 2.67. The number of hydrogen-bond acceptors (Lipinski definition) is 3. The van der Waals surface area contributed by atoms with Crippen molar-refractivity contribution < 1.29 is 14.6 Å². The summed E-state index contributed by atoms with van der Waals surface area (Å²) in [6, 6.07) is 11.8. The first-order chi connectivity index (χ1) is 12.5. The van der Waals surface area contributed by atoms with Gasteiger partial charge in [-0.05, 0) is 16.3 Å². The zero-order valence-electron chi connectivity index (χ0n) is 13.4. The van der Waals surface area contributed by atoms with E-state index in [1.54, 1.807) is 7.11 Å². The Hall–Kier alpha value is -1.20. The minimum atomic E-state index is -0.658. The first kappa shape index (κ1) is 18.2. The van der Waals surface area contributed by atoms with Crippen molar-refractivity contribution in [2.24, 2.45) is 0 Å². The summed E-state index contributed by atoms with van der Waals surface area (Å²) in [5, 5.41) is 12.1. The smallest absolute Gasteiger partial charge is 0.185 e. The van der Waals surface area contributed by atoms with Gasteiger partial charge in [0.2, 0.25) is 0 Å². The molecule has 134 valence electrons. The number of phenols is 1. The van der Waals surface area contributed by atoms with Crippen LogP contribution in [0.4, 0.5) is 0 Å². The molecular formula is C19H12Cl4O3. The lowest BCUT2D eigenvalue weighted by Crippen LogP contribution is -2.20. The van der Waals surface area contributed by atoms with E-state index in [-0.39, 0.29) is 25.8 Å². The van der Waals surface area contributed by atoms with Crippen LogP contribution in [0.1, 0.15) is 29.1 Å². The molecule has 0 saturated carbocycles. The Labute approximate surface area is 169 Å². The van der Waals surface area contributed by atoms with Gasteiger partial charge in [0.15, 0.2) is 12.0 Å². The van der Waals surface area contributed by atoms with E-state index in [1.807, 2.05) is 36.4 Å². The van der Waals surface area contributed by atoms with Crippen LogP contribution < -0.4 is 0 Å². The number of phenolic OH excluding ortho intramolecular Hbond substituents is 1. The number of halogens is 4. The molecule has 3 nitrogen and oxygen atoms in total. The van der Waals surface area contributed by atoms with E-state index in [1.165, 1.54) is 0 Å². The highest BCUT2D eigenvalue weighted by Gasteiger charge is 2.35. The largest absolute Gasteiger partial charge is 0.505 e. The van der Waals surface area contributed by atoms with E-state index in [4.69, 9.17) is 55.9 Å². The third-order valence-corrected chi connectivity index (χ3v) is 6.23. The molecule has 0 unspecified atom stereocenters. The summed E-state index contributed by atoms with van der Waals surface area (Å²) in [6.07, 6.45) is -1.27. The monoisotopic (exact) mass is 428 g/mol. The van der Waals surface area contributed by atoms with Crippen LogP contribution in [0.15, 0.2) is 36.4 Å². The summed E-state index contributed by atoms with van der Waals surface area (Å²) in [6.45, 7) is 0. The number of hydrogen-bond donors (Lipinski definition) is 1. The summed E-state index contributed by atoms with van der Waals surface area (Å²) < 4.78 is 11.7. The zero-order chi connectivity index (χ0) is 18.6. The molecule has 0 amide bonds. The molecule has 1 aliphatic heterocycles. The van der Waals surface area contributed by atoms with Gasteiger partial charge in [-0.3, -0.25) is 0 Å². The van der Waals surface area contributed by atoms with Crippen molar-refractivity contribution in [3.63, 3.8) is 0 Å². The molecule has 3 aromatic rings. The van der Waals surface area contributed by atoms with Crippen molar-refractivity contribution in [3.8, 4) is 5.75 Å². The normalized spacial score (nSPS) is 19.1. The summed E-state index contributed by atoms with van der Waals surface area (Å²) >= 11 is 25.1. The number of rotatable bonds is 2. The van der Waals surface area contributed by atoms with Crippen molar-refractivity contribution in [3.05, 3.63) is 73.2 Å². The van der Waals surface area contributed by atoms with Crippen LogP contribution in [-0.2, 0) is 9.47 Å². The van der Waals surface area contributed by atoms with Crippen molar-refractivity contribution in [1.82, 2.24) is 0 Å². The first-order valence-corrected chi connectivity index (χ1v) is 9.21. The fourth-order valence-electron chi connectivity index (χ4n) is 3.36. The standard InChI is InChI=1S/C19H12Cl4O3/c1-25-19-10-7-3-5-8-4-2-6-9(11(8)10)18(26-19)12-13(20)15(22)17(24)16(23)14(12)21/h2-7,18-19,24H,1H3/t18-,19-/m0/s1. The maximum absolute atomic E-state index is 10.0. The summed E-state index contributed by atoms with van der Waals surface area (Å²) in [4.78, 5) is 0. The molecule has 1 N–H and O–H groups in total. The topological polar surface area (TPSA) is 38.7 Å². The van der Waals surface area contributed by atoms with Gasteiger partial charge in [0.25, 0.3) is 0 Å². The Morgan fingerprint density at radius 2 is 1.46 bits per heavy atom. The van der Waals surface area contributed by atoms with Gasteiger partial charge in [-0.1, -0.05) is 82.8 Å². The SMILES string of the molecule is CO[C@H]1O[C@H](c2c(Cl)c(Cl)c(O)c(Cl)c2Cl)c2cccc3cccc1c23. The van der Waals surface area contributed by atoms with Gasteiger partial charge < -0.3 is 14.6 Å². The van der Waals surface area contributed by atoms with Crippen molar-refractivity contribution in [2.45, 2.75) is 12.4 Å². The molecule has 0 radical (unpaired) electrons. The Morgan fingerprint density at radius 1 is 0.885 bits per heavy atom. The fraction of sp³-hybridized carbons (Fsp3) is 0.158. The Balaban J connectivity index is 2.05. The number of ether oxygens (including phenoxy) is 2. The Morgan fingerprint density at radius 3 is 2.04 bits per heavy atom. The van der Waals surface area contributed by atoms with Crippen LogP contribution >= 0.6 is 46.4 Å². The lowest BCUT2D eigenvalue weighted by molar-refractivity contribution is -0.154. The van der Waals surface area contributed by atoms with Gasteiger partial charge in [0.05, 0.1) is 10.0 Å². The van der Waals surface area contributed by atoms with Crippen molar-refractivity contribution in [2.75, 3.05) is 7.11 Å². The molecule has 0 fully saturated rings. The zero-order valence-corrected chi connectivity index (χ0v) is 16.4. The van der Waals surface area contributed by atoms with Gasteiger partial charge in [-0.2, -0.15) is 0 Å². The van der Waals surface area contributed by atoms with Gasteiger partial charge in [-0.25, -0.2) is 0 Å². The molecule has 1 aliphatic rings. The summed E-state index contributed by atoms with van der Waals surface area (Å²) in [5.41, 5.74) is 2.18. The molecule has 0 bridgehead atoms. The van der Waals surface area contributed by atoms with E-state index in [0.29, 0.717) is 5.56 Å². The number of methoxy groups -OCH3 is 1. The first-order valence-electron chi connectivity index (χ1n) is 7.70. The maximum atomic E-state index is 10.0.